The van der Waals surface area contributed by atoms with Crippen LogP contribution in [0, 0.1) is 52.3 Å². The van der Waals surface area contributed by atoms with E-state index in [4.69, 9.17) is 0 Å². The summed E-state index contributed by atoms with van der Waals surface area (Å²) in [7, 11) is -0.248. The molecular formula is C34H55N3O4S. The van der Waals surface area contributed by atoms with Gasteiger partial charge in [-0.25, -0.2) is 17.9 Å². The first kappa shape index (κ1) is 31.6. The molecule has 0 saturated heterocycles. The normalized spacial score (nSPS) is 38.5. The third-order valence-electron chi connectivity index (χ3n) is 12.9. The highest BCUT2D eigenvalue weighted by Gasteiger charge is 2.62. The van der Waals surface area contributed by atoms with Crippen LogP contribution in [0.2, 0.25) is 0 Å². The number of hydrogen-bond donors (Lipinski definition) is 3. The number of carbonyl (C=O) groups is 1. The van der Waals surface area contributed by atoms with Crippen LogP contribution >= 0.6 is 0 Å². The van der Waals surface area contributed by atoms with Gasteiger partial charge in [-0.05, 0) is 128 Å². The smallest absolute Gasteiger partial charge is 0.328 e. The molecule has 10 atom stereocenters. The van der Waals surface area contributed by atoms with Crippen molar-refractivity contribution in [1.29, 1.82) is 0 Å². The first-order valence-electron chi connectivity index (χ1n) is 16.6. The molecular weight excluding hydrogens is 546 g/mol. The molecule has 2 unspecified atom stereocenters. The SMILES string of the molecule is CC[C@H]1C[C@H]2C3CCC([C@H](C)CCNC(=O)NS(=O)(=O)c4cccc(N(C)C)c4)[C@@]3(C)CC[C@@H]2[C@@]2(C)CC[C@@H](O)C[C@@H]12. The molecule has 4 fully saturated rings. The largest absolute Gasteiger partial charge is 0.393 e. The molecule has 0 bridgehead atoms. The van der Waals surface area contributed by atoms with Crippen molar-refractivity contribution in [3.8, 4) is 0 Å². The number of nitrogens with one attached hydrogen (secondary N) is 2. The number of nitrogens with zero attached hydrogens (tertiary/aromatic N) is 1. The van der Waals surface area contributed by atoms with Crippen LogP contribution in [-0.4, -0.2) is 46.3 Å². The summed E-state index contributed by atoms with van der Waals surface area (Å²) in [5.74, 6) is 4.84. The lowest BCUT2D eigenvalue weighted by Gasteiger charge is -2.63. The second kappa shape index (κ2) is 11.9. The number of rotatable bonds is 8. The van der Waals surface area contributed by atoms with Crippen molar-refractivity contribution in [2.45, 2.75) is 103 Å². The van der Waals surface area contributed by atoms with Gasteiger partial charge in [0.05, 0.1) is 11.0 Å². The maximum atomic E-state index is 12.8. The van der Waals surface area contributed by atoms with E-state index in [-0.39, 0.29) is 11.0 Å². The molecule has 4 saturated carbocycles. The molecule has 42 heavy (non-hydrogen) atoms. The van der Waals surface area contributed by atoms with Crippen LogP contribution in [0.15, 0.2) is 29.2 Å². The van der Waals surface area contributed by atoms with E-state index < -0.39 is 16.1 Å². The zero-order chi connectivity index (χ0) is 30.4. The standard InChI is InChI=1S/C34H55N3O4S/c1-7-23-19-27-29-12-11-28(33(29,3)17-14-30(27)34(4)16-13-25(38)21-31(23)34)22(2)15-18-35-32(39)36-42(40,41)26-10-8-9-24(20-26)37(5)6/h8-10,20,22-23,25,27-31,38H,7,11-19,21H2,1-6H3,(H2,35,36,39)/t22-,23+,25-,27+,28?,29?,30+,31+,33-,34-/m1/s1. The fraction of sp³-hybridized carbons (Fsp3) is 0.794. The van der Waals surface area contributed by atoms with Crippen LogP contribution in [-0.2, 0) is 10.0 Å². The molecule has 8 heteroatoms. The summed E-state index contributed by atoms with van der Waals surface area (Å²) in [6, 6.07) is 5.91. The minimum atomic E-state index is -3.94. The number of amides is 2. The molecule has 1 aromatic carbocycles. The Bertz CT molecular complexity index is 1240. The molecule has 0 aliphatic heterocycles. The first-order chi connectivity index (χ1) is 19.8. The molecule has 0 aromatic heterocycles. The summed E-state index contributed by atoms with van der Waals surface area (Å²) >= 11 is 0. The number of aliphatic hydroxyl groups excluding tert-OH is 1. The predicted octanol–water partition coefficient (Wildman–Crippen LogP) is 6.42. The zero-order valence-corrected chi connectivity index (χ0v) is 27.6. The number of urea groups is 1. The van der Waals surface area contributed by atoms with E-state index in [2.05, 4.69) is 37.7 Å². The van der Waals surface area contributed by atoms with Crippen molar-refractivity contribution in [3.63, 3.8) is 0 Å². The van der Waals surface area contributed by atoms with Gasteiger partial charge in [-0.1, -0.05) is 40.2 Å². The van der Waals surface area contributed by atoms with Crippen LogP contribution in [0.1, 0.15) is 91.9 Å². The monoisotopic (exact) mass is 601 g/mol. The van der Waals surface area contributed by atoms with E-state index in [0.29, 0.717) is 35.1 Å². The van der Waals surface area contributed by atoms with Crippen molar-refractivity contribution in [2.24, 2.45) is 52.3 Å². The van der Waals surface area contributed by atoms with Gasteiger partial charge in [0.1, 0.15) is 0 Å². The Kier molecular flexibility index (Phi) is 8.99. The number of sulfonamides is 1. The fourth-order valence-electron chi connectivity index (χ4n) is 10.7. The van der Waals surface area contributed by atoms with E-state index in [1.165, 1.54) is 51.0 Å². The maximum Gasteiger partial charge on any atom is 0.328 e. The Morgan fingerprint density at radius 1 is 1.05 bits per heavy atom. The molecule has 4 aliphatic carbocycles. The second-order valence-corrected chi connectivity index (χ2v) is 16.8. The Morgan fingerprint density at radius 2 is 1.76 bits per heavy atom. The van der Waals surface area contributed by atoms with E-state index >= 15 is 0 Å². The molecule has 3 N–H and O–H groups in total. The molecule has 5 rings (SSSR count). The second-order valence-electron chi connectivity index (χ2n) is 15.1. The van der Waals surface area contributed by atoms with Gasteiger partial charge in [0.2, 0.25) is 0 Å². The minimum absolute atomic E-state index is 0.0790. The summed E-state index contributed by atoms with van der Waals surface area (Å²) in [6.45, 7) is 10.3. The number of aliphatic hydroxyl groups is 1. The van der Waals surface area contributed by atoms with Crippen molar-refractivity contribution in [1.82, 2.24) is 10.0 Å². The third kappa shape index (κ3) is 5.71. The number of fused-ring (bicyclic) bond motifs is 5. The summed E-state index contributed by atoms with van der Waals surface area (Å²) in [5, 5.41) is 13.4. The van der Waals surface area contributed by atoms with Gasteiger partial charge in [0, 0.05) is 26.3 Å². The molecule has 236 valence electrons. The molecule has 0 heterocycles. The first-order valence-corrected chi connectivity index (χ1v) is 18.0. The Morgan fingerprint density at radius 3 is 2.48 bits per heavy atom. The van der Waals surface area contributed by atoms with Gasteiger partial charge >= 0.3 is 6.03 Å². The molecule has 2 amide bonds. The van der Waals surface area contributed by atoms with Gasteiger partial charge in [0.15, 0.2) is 0 Å². The molecule has 0 spiro atoms. The van der Waals surface area contributed by atoms with Gasteiger partial charge < -0.3 is 15.3 Å². The summed E-state index contributed by atoms with van der Waals surface area (Å²) in [6.07, 6.45) is 11.6. The topological polar surface area (TPSA) is 98.7 Å². The summed E-state index contributed by atoms with van der Waals surface area (Å²) in [4.78, 5) is 14.5. The molecule has 4 aliphatic rings. The zero-order valence-electron chi connectivity index (χ0n) is 26.7. The average Bonchev–Trinajstić information content (AvgIpc) is 3.30. The van der Waals surface area contributed by atoms with Crippen LogP contribution in [0.5, 0.6) is 0 Å². The molecule has 1 aromatic rings. The Balaban J connectivity index is 1.18. The highest BCUT2D eigenvalue weighted by Crippen LogP contribution is 2.69. The highest BCUT2D eigenvalue weighted by molar-refractivity contribution is 7.90. The third-order valence-corrected chi connectivity index (χ3v) is 14.2. The number of anilines is 1. The number of benzene rings is 1. The molecule has 7 nitrogen and oxygen atoms in total. The average molecular weight is 602 g/mol. The maximum absolute atomic E-state index is 12.8. The van der Waals surface area contributed by atoms with Crippen LogP contribution < -0.4 is 14.9 Å². The highest BCUT2D eigenvalue weighted by atomic mass is 32.2. The predicted molar refractivity (Wildman–Crippen MR) is 169 cm³/mol. The number of hydrogen-bond acceptors (Lipinski definition) is 5. The van der Waals surface area contributed by atoms with Gasteiger partial charge in [-0.3, -0.25) is 0 Å². The van der Waals surface area contributed by atoms with Crippen LogP contribution in [0.4, 0.5) is 10.5 Å². The lowest BCUT2D eigenvalue weighted by Crippen LogP contribution is -2.56. The van der Waals surface area contributed by atoms with E-state index in [1.807, 2.05) is 25.1 Å². The van der Waals surface area contributed by atoms with Gasteiger partial charge in [-0.2, -0.15) is 0 Å². The lowest BCUT2D eigenvalue weighted by atomic mass is 9.42. The van der Waals surface area contributed by atoms with Crippen LogP contribution in [0.25, 0.3) is 0 Å². The quantitative estimate of drug-likeness (QED) is 0.319. The number of carbonyl (C=O) groups excluding carboxylic acids is 1. The van der Waals surface area contributed by atoms with Crippen molar-refractivity contribution in [2.75, 3.05) is 25.5 Å². The Hall–Kier alpha value is -1.80. The van der Waals surface area contributed by atoms with Gasteiger partial charge in [-0.15, -0.1) is 0 Å². The van der Waals surface area contributed by atoms with Gasteiger partial charge in [0.25, 0.3) is 10.0 Å². The Labute approximate surface area is 254 Å². The molecule has 0 radical (unpaired) electrons. The van der Waals surface area contributed by atoms with E-state index in [1.54, 1.807) is 12.1 Å². The lowest BCUT2D eigenvalue weighted by molar-refractivity contribution is -0.152. The van der Waals surface area contributed by atoms with Crippen LogP contribution in [0.3, 0.4) is 0 Å². The summed E-state index contributed by atoms with van der Waals surface area (Å²) in [5.41, 5.74) is 1.47. The minimum Gasteiger partial charge on any atom is -0.393 e. The van der Waals surface area contributed by atoms with E-state index in [9.17, 15) is 18.3 Å². The summed E-state index contributed by atoms with van der Waals surface area (Å²) < 4.78 is 27.8. The van der Waals surface area contributed by atoms with Crippen molar-refractivity contribution < 1.29 is 18.3 Å². The fourth-order valence-corrected chi connectivity index (χ4v) is 11.6. The van der Waals surface area contributed by atoms with Crippen molar-refractivity contribution in [3.05, 3.63) is 24.3 Å². The van der Waals surface area contributed by atoms with E-state index in [0.717, 1.165) is 48.6 Å². The van der Waals surface area contributed by atoms with Crippen molar-refractivity contribution >= 4 is 21.7 Å².